The molecule has 0 unspecified atom stereocenters. The molecule has 4 rings (SSSR count). The van der Waals surface area contributed by atoms with Crippen molar-refractivity contribution in [2.24, 2.45) is 0 Å². The average Bonchev–Trinajstić information content (AvgIpc) is 3.33. The molecule has 0 saturated heterocycles. The Labute approximate surface area is 166 Å². The van der Waals surface area contributed by atoms with Crippen LogP contribution in [0.15, 0.2) is 51.4 Å². The van der Waals surface area contributed by atoms with Crippen LogP contribution < -0.4 is 10.1 Å². The zero-order chi connectivity index (χ0) is 20.2. The highest BCUT2D eigenvalue weighted by Crippen LogP contribution is 2.21. The topological polar surface area (TPSA) is 103 Å². The number of nitrogens with one attached hydrogen (secondary N) is 1. The van der Waals surface area contributed by atoms with Gasteiger partial charge in [0.05, 0.1) is 6.61 Å². The number of hydrogen-bond acceptors (Lipinski definition) is 7. The fourth-order valence-corrected chi connectivity index (χ4v) is 2.90. The molecule has 0 fully saturated rings. The molecule has 0 atom stereocenters. The van der Waals surface area contributed by atoms with Crippen molar-refractivity contribution >= 4 is 22.7 Å². The van der Waals surface area contributed by atoms with Crippen LogP contribution >= 0.6 is 0 Å². The largest absolute Gasteiger partial charge is 0.494 e. The lowest BCUT2D eigenvalue weighted by Crippen LogP contribution is -2.12. The Bertz CT molecular complexity index is 1130. The number of hydrogen-bond donors (Lipinski definition) is 1. The number of fused-ring (bicyclic) bond motifs is 1. The van der Waals surface area contributed by atoms with E-state index in [4.69, 9.17) is 13.7 Å². The number of ether oxygens (including phenoxy) is 1. The lowest BCUT2D eigenvalue weighted by atomic mass is 10.2. The number of rotatable bonds is 7. The molecule has 8 heteroatoms. The van der Waals surface area contributed by atoms with Gasteiger partial charge in [0.15, 0.2) is 11.5 Å². The van der Waals surface area contributed by atoms with Crippen LogP contribution in [0, 0.1) is 6.92 Å². The van der Waals surface area contributed by atoms with E-state index >= 15 is 0 Å². The highest BCUT2D eigenvalue weighted by atomic mass is 16.5. The molecule has 2 aromatic heterocycles. The van der Waals surface area contributed by atoms with E-state index in [0.29, 0.717) is 47.4 Å². The van der Waals surface area contributed by atoms with Crippen LogP contribution in [-0.2, 0) is 11.2 Å². The zero-order valence-corrected chi connectivity index (χ0v) is 16.1. The molecule has 2 aromatic carbocycles. The minimum atomic E-state index is -0.148. The van der Waals surface area contributed by atoms with Crippen LogP contribution in [0.25, 0.3) is 22.5 Å². The van der Waals surface area contributed by atoms with Gasteiger partial charge >= 0.3 is 0 Å². The van der Waals surface area contributed by atoms with E-state index in [-0.39, 0.29) is 12.3 Å². The van der Waals surface area contributed by atoms with Gasteiger partial charge in [0.1, 0.15) is 11.3 Å². The molecule has 1 N–H and O–H groups in total. The van der Waals surface area contributed by atoms with Crippen molar-refractivity contribution in [3.63, 3.8) is 0 Å². The Balaban J connectivity index is 1.34. The molecule has 148 valence electrons. The number of carbonyl (C=O) groups excluding carboxylic acids is 1. The SMILES string of the molecule is CCOc1ccc(-c2noc(CCC(=O)Nc3ccc4oc(C)nc4c3)n2)cc1. The molecule has 4 aromatic rings. The number of aromatic nitrogens is 3. The van der Waals surface area contributed by atoms with Gasteiger partial charge < -0.3 is 19.0 Å². The van der Waals surface area contributed by atoms with E-state index in [2.05, 4.69) is 20.4 Å². The first-order valence-corrected chi connectivity index (χ1v) is 9.33. The third-order valence-electron chi connectivity index (χ3n) is 4.24. The molecular formula is C21H20N4O4. The van der Waals surface area contributed by atoms with E-state index in [9.17, 15) is 4.79 Å². The van der Waals surface area contributed by atoms with Gasteiger partial charge in [-0.25, -0.2) is 4.98 Å². The van der Waals surface area contributed by atoms with Crippen molar-refractivity contribution in [1.82, 2.24) is 15.1 Å². The summed E-state index contributed by atoms with van der Waals surface area (Å²) in [7, 11) is 0. The van der Waals surface area contributed by atoms with Crippen molar-refractivity contribution in [3.8, 4) is 17.1 Å². The summed E-state index contributed by atoms with van der Waals surface area (Å²) in [6, 6.07) is 12.8. The molecule has 2 heterocycles. The molecule has 1 amide bonds. The summed E-state index contributed by atoms with van der Waals surface area (Å²) in [4.78, 5) is 20.9. The molecule has 0 spiro atoms. The van der Waals surface area contributed by atoms with E-state index in [1.54, 1.807) is 25.1 Å². The van der Waals surface area contributed by atoms with Gasteiger partial charge in [-0.3, -0.25) is 4.79 Å². The van der Waals surface area contributed by atoms with Crippen LogP contribution in [0.2, 0.25) is 0 Å². The Hall–Kier alpha value is -3.68. The number of oxazole rings is 1. The maximum absolute atomic E-state index is 12.2. The maximum Gasteiger partial charge on any atom is 0.227 e. The molecule has 0 radical (unpaired) electrons. The highest BCUT2D eigenvalue weighted by Gasteiger charge is 2.12. The normalized spacial score (nSPS) is 11.0. The average molecular weight is 392 g/mol. The molecule has 29 heavy (non-hydrogen) atoms. The van der Waals surface area contributed by atoms with Crippen molar-refractivity contribution in [2.75, 3.05) is 11.9 Å². The van der Waals surface area contributed by atoms with Gasteiger partial charge in [-0.15, -0.1) is 0 Å². The Kier molecular flexibility index (Phi) is 5.24. The predicted octanol–water partition coefficient (Wildman–Crippen LogP) is 4.16. The second-order valence-corrected chi connectivity index (χ2v) is 6.43. The third kappa shape index (κ3) is 4.43. The second-order valence-electron chi connectivity index (χ2n) is 6.43. The van der Waals surface area contributed by atoms with E-state index in [1.807, 2.05) is 31.2 Å². The van der Waals surface area contributed by atoms with E-state index in [1.165, 1.54) is 0 Å². The first-order valence-electron chi connectivity index (χ1n) is 9.33. The lowest BCUT2D eigenvalue weighted by Gasteiger charge is -2.03. The van der Waals surface area contributed by atoms with Gasteiger partial charge in [-0.05, 0) is 49.4 Å². The summed E-state index contributed by atoms with van der Waals surface area (Å²) in [6.07, 6.45) is 0.571. The summed E-state index contributed by atoms with van der Waals surface area (Å²) >= 11 is 0. The predicted molar refractivity (Wildman–Crippen MR) is 107 cm³/mol. The van der Waals surface area contributed by atoms with Gasteiger partial charge in [-0.1, -0.05) is 5.16 Å². The van der Waals surface area contributed by atoms with E-state index in [0.717, 1.165) is 11.3 Å². The fourth-order valence-electron chi connectivity index (χ4n) is 2.90. The van der Waals surface area contributed by atoms with Crippen molar-refractivity contribution in [1.29, 1.82) is 0 Å². The van der Waals surface area contributed by atoms with E-state index < -0.39 is 0 Å². The zero-order valence-electron chi connectivity index (χ0n) is 16.1. The number of aryl methyl sites for hydroxylation is 2. The number of benzene rings is 2. The molecule has 8 nitrogen and oxygen atoms in total. The minimum Gasteiger partial charge on any atom is -0.494 e. The molecule has 0 saturated carbocycles. The van der Waals surface area contributed by atoms with Crippen molar-refractivity contribution in [2.45, 2.75) is 26.7 Å². The Morgan fingerprint density at radius 3 is 2.76 bits per heavy atom. The number of anilines is 1. The number of carbonyl (C=O) groups is 1. The van der Waals surface area contributed by atoms with Gasteiger partial charge in [0.25, 0.3) is 0 Å². The van der Waals surface area contributed by atoms with Crippen LogP contribution in [0.1, 0.15) is 25.1 Å². The quantitative estimate of drug-likeness (QED) is 0.504. The molecule has 0 aliphatic carbocycles. The highest BCUT2D eigenvalue weighted by molar-refractivity contribution is 5.92. The standard InChI is InChI=1S/C21H20N4O4/c1-3-27-16-7-4-14(5-8-16)21-24-20(29-25-21)11-10-19(26)23-15-6-9-18-17(12-15)22-13(2)28-18/h4-9,12H,3,10-11H2,1-2H3,(H,23,26). The summed E-state index contributed by atoms with van der Waals surface area (Å²) in [5, 5.41) is 6.83. The summed E-state index contributed by atoms with van der Waals surface area (Å²) in [6.45, 7) is 4.33. The Morgan fingerprint density at radius 2 is 1.97 bits per heavy atom. The molecule has 0 bridgehead atoms. The number of amides is 1. The van der Waals surface area contributed by atoms with Gasteiger partial charge in [0, 0.05) is 31.0 Å². The maximum atomic E-state index is 12.2. The monoisotopic (exact) mass is 392 g/mol. The van der Waals surface area contributed by atoms with Crippen LogP contribution in [0.3, 0.4) is 0 Å². The minimum absolute atomic E-state index is 0.148. The summed E-state index contributed by atoms with van der Waals surface area (Å²) in [5.41, 5.74) is 2.88. The van der Waals surface area contributed by atoms with Crippen LogP contribution in [0.4, 0.5) is 5.69 Å². The van der Waals surface area contributed by atoms with Crippen LogP contribution in [-0.4, -0.2) is 27.6 Å². The first-order chi connectivity index (χ1) is 14.1. The van der Waals surface area contributed by atoms with Gasteiger partial charge in [-0.2, -0.15) is 4.98 Å². The molecular weight excluding hydrogens is 372 g/mol. The van der Waals surface area contributed by atoms with Crippen LogP contribution in [0.5, 0.6) is 5.75 Å². The summed E-state index contributed by atoms with van der Waals surface area (Å²) < 4.78 is 16.1. The fraction of sp³-hybridized carbons (Fsp3) is 0.238. The smallest absolute Gasteiger partial charge is 0.227 e. The van der Waals surface area contributed by atoms with Crippen molar-refractivity contribution < 1.29 is 18.5 Å². The summed E-state index contributed by atoms with van der Waals surface area (Å²) in [5.74, 6) is 2.12. The lowest BCUT2D eigenvalue weighted by molar-refractivity contribution is -0.116. The Morgan fingerprint density at radius 1 is 1.14 bits per heavy atom. The molecule has 0 aliphatic heterocycles. The third-order valence-corrected chi connectivity index (χ3v) is 4.24. The first kappa shape index (κ1) is 18.7. The number of nitrogens with zero attached hydrogens (tertiary/aromatic N) is 3. The molecule has 0 aliphatic rings. The van der Waals surface area contributed by atoms with Crippen molar-refractivity contribution in [3.05, 3.63) is 54.2 Å². The second kappa shape index (κ2) is 8.14. The van der Waals surface area contributed by atoms with Gasteiger partial charge in [0.2, 0.25) is 17.6 Å².